The molecule has 0 radical (unpaired) electrons. The van der Waals surface area contributed by atoms with E-state index in [-0.39, 0.29) is 0 Å². The summed E-state index contributed by atoms with van der Waals surface area (Å²) < 4.78 is 2.71. The molecule has 0 bridgehead atoms. The minimum absolute atomic E-state index is 0.451. The molecule has 0 saturated carbocycles. The fraction of sp³-hybridized carbons (Fsp3) is 0.118. The summed E-state index contributed by atoms with van der Waals surface area (Å²) in [4.78, 5) is 0. The molecular formula is C17H16Se2. The Labute approximate surface area is 127 Å². The van der Waals surface area contributed by atoms with E-state index in [0.29, 0.717) is 29.9 Å². The molecular weight excluding hydrogens is 362 g/mol. The molecule has 2 heteroatoms. The number of benzene rings is 2. The van der Waals surface area contributed by atoms with Gasteiger partial charge in [0.1, 0.15) is 0 Å². The predicted molar refractivity (Wildman–Crippen MR) is 86.4 cm³/mol. The van der Waals surface area contributed by atoms with E-state index in [4.69, 9.17) is 0 Å². The Kier molecular flexibility index (Phi) is 5.73. The second kappa shape index (κ2) is 7.55. The van der Waals surface area contributed by atoms with Crippen molar-refractivity contribution in [2.75, 3.05) is 0 Å². The quantitative estimate of drug-likeness (QED) is 0.554. The maximum atomic E-state index is 3.67. The number of hydrogen-bond acceptors (Lipinski definition) is 0. The fourth-order valence-corrected chi connectivity index (χ4v) is 4.51. The Morgan fingerprint density at radius 3 is 1.37 bits per heavy atom. The Hall–Kier alpha value is -1.00. The molecule has 0 fully saturated rings. The van der Waals surface area contributed by atoms with Crippen LogP contribution < -0.4 is 0 Å². The van der Waals surface area contributed by atoms with Gasteiger partial charge < -0.3 is 0 Å². The molecule has 0 heterocycles. The molecule has 0 aliphatic heterocycles. The first-order valence-electron chi connectivity index (χ1n) is 6.05. The molecule has 19 heavy (non-hydrogen) atoms. The number of rotatable bonds is 4. The van der Waals surface area contributed by atoms with E-state index in [1.54, 1.807) is 0 Å². The van der Waals surface area contributed by atoms with Crippen molar-refractivity contribution >= 4 is 38.9 Å². The van der Waals surface area contributed by atoms with E-state index >= 15 is 0 Å². The molecule has 0 amide bonds. The molecule has 2 aromatic rings. The molecule has 0 spiro atoms. The van der Waals surface area contributed by atoms with Gasteiger partial charge in [-0.25, -0.2) is 0 Å². The summed E-state index contributed by atoms with van der Waals surface area (Å²) in [5, 5.41) is 0. The average molecular weight is 378 g/mol. The first-order chi connectivity index (χ1) is 9.35. The van der Waals surface area contributed by atoms with Gasteiger partial charge in [0.25, 0.3) is 0 Å². The van der Waals surface area contributed by atoms with Crippen LogP contribution in [0.1, 0.15) is 11.1 Å². The first kappa shape index (κ1) is 14.4. The third-order valence-corrected chi connectivity index (χ3v) is 5.84. The van der Waals surface area contributed by atoms with Crippen LogP contribution in [0.5, 0.6) is 0 Å². The van der Waals surface area contributed by atoms with Gasteiger partial charge in [-0.15, -0.1) is 0 Å². The summed E-state index contributed by atoms with van der Waals surface area (Å²) in [5.74, 6) is 4.52. The second-order valence-corrected chi connectivity index (χ2v) is 7.35. The predicted octanol–water partition coefficient (Wildman–Crippen LogP) is 4.17. The summed E-state index contributed by atoms with van der Waals surface area (Å²) in [6.07, 6.45) is 0. The topological polar surface area (TPSA) is 0 Å². The average Bonchev–Trinajstić information content (AvgIpc) is 2.50. The van der Waals surface area contributed by atoms with Crippen molar-refractivity contribution in [3.63, 3.8) is 0 Å². The Morgan fingerprint density at radius 1 is 0.684 bits per heavy atom. The van der Waals surface area contributed by atoms with Gasteiger partial charge in [0.15, 0.2) is 0 Å². The van der Waals surface area contributed by atoms with Crippen LogP contribution in [0, 0.1) is 0 Å². The van der Waals surface area contributed by atoms with Gasteiger partial charge in [-0.2, -0.15) is 0 Å². The minimum atomic E-state index is 0.451. The van der Waals surface area contributed by atoms with Gasteiger partial charge in [-0.05, 0) is 0 Å². The maximum absolute atomic E-state index is 3.67. The van der Waals surface area contributed by atoms with E-state index in [1.165, 1.54) is 20.1 Å². The Balaban J connectivity index is 2.52. The third-order valence-electron chi connectivity index (χ3n) is 2.71. The zero-order valence-electron chi connectivity index (χ0n) is 11.1. The molecule has 0 aliphatic rings. The van der Waals surface area contributed by atoms with E-state index in [0.717, 1.165) is 0 Å². The van der Waals surface area contributed by atoms with E-state index < -0.39 is 0 Å². The molecule has 0 unspecified atom stereocenters. The second-order valence-electron chi connectivity index (χ2n) is 3.92. The van der Waals surface area contributed by atoms with Crippen LogP contribution >= 0.6 is 0 Å². The van der Waals surface area contributed by atoms with Gasteiger partial charge >= 0.3 is 128 Å². The fourth-order valence-electron chi connectivity index (χ4n) is 1.76. The van der Waals surface area contributed by atoms with Crippen molar-refractivity contribution in [2.24, 2.45) is 0 Å². The van der Waals surface area contributed by atoms with Gasteiger partial charge in [0, 0.05) is 0 Å². The molecule has 96 valence electrons. The van der Waals surface area contributed by atoms with Crippen LogP contribution in [-0.2, 0) is 0 Å². The Morgan fingerprint density at radius 2 is 1.05 bits per heavy atom. The first-order valence-corrected chi connectivity index (χ1v) is 11.2. The van der Waals surface area contributed by atoms with Crippen molar-refractivity contribution in [3.8, 4) is 0 Å². The van der Waals surface area contributed by atoms with Gasteiger partial charge in [0.2, 0.25) is 0 Å². The summed E-state index contributed by atoms with van der Waals surface area (Å²) in [6, 6.07) is 21.2. The van der Waals surface area contributed by atoms with Crippen LogP contribution in [0.4, 0.5) is 0 Å². The molecule has 0 nitrogen and oxygen atoms in total. The molecule has 2 aromatic carbocycles. The van der Waals surface area contributed by atoms with Gasteiger partial charge in [-0.3, -0.25) is 0 Å². The molecule has 0 aromatic heterocycles. The van der Waals surface area contributed by atoms with Crippen molar-refractivity contribution in [3.05, 3.63) is 77.5 Å². The van der Waals surface area contributed by atoms with Crippen LogP contribution in [0.2, 0.25) is 11.6 Å². The van der Waals surface area contributed by atoms with E-state index in [9.17, 15) is 0 Å². The number of hydrogen-bond donors (Lipinski definition) is 0. The normalized spacial score (nSPS) is 9.79. The van der Waals surface area contributed by atoms with Crippen LogP contribution in [-0.4, -0.2) is 29.9 Å². The van der Waals surface area contributed by atoms with E-state index in [1.807, 2.05) is 0 Å². The van der Waals surface area contributed by atoms with Gasteiger partial charge in [0.05, 0.1) is 0 Å². The SMILES string of the molecule is C[Se]C(=C=C([Se]C)c1ccccc1)c1ccccc1. The standard InChI is InChI=1S/C17H16Se2/c1-18-16(14-9-5-3-6-10-14)13-17(19-2)15-11-7-4-8-12-15/h3-12H,1-2H3. The summed E-state index contributed by atoms with van der Waals surface area (Å²) in [5.41, 5.74) is 6.29. The molecule has 2 rings (SSSR count). The molecule has 0 atom stereocenters. The zero-order chi connectivity index (χ0) is 13.5. The van der Waals surface area contributed by atoms with Crippen molar-refractivity contribution in [2.45, 2.75) is 11.6 Å². The van der Waals surface area contributed by atoms with Crippen LogP contribution in [0.3, 0.4) is 0 Å². The third kappa shape index (κ3) is 3.98. The van der Waals surface area contributed by atoms with Crippen molar-refractivity contribution < 1.29 is 0 Å². The zero-order valence-corrected chi connectivity index (χ0v) is 14.5. The molecule has 0 aliphatic carbocycles. The van der Waals surface area contributed by atoms with E-state index in [2.05, 4.69) is 78.0 Å². The van der Waals surface area contributed by atoms with Gasteiger partial charge in [-0.1, -0.05) is 0 Å². The van der Waals surface area contributed by atoms with Crippen molar-refractivity contribution in [1.82, 2.24) is 0 Å². The summed E-state index contributed by atoms with van der Waals surface area (Å²) >= 11 is 0.902. The summed E-state index contributed by atoms with van der Waals surface area (Å²) in [6.45, 7) is 0. The molecule has 0 N–H and O–H groups in total. The van der Waals surface area contributed by atoms with Crippen molar-refractivity contribution in [1.29, 1.82) is 0 Å². The monoisotopic (exact) mass is 380 g/mol. The molecule has 0 saturated heterocycles. The Bertz CT molecular complexity index is 528. The van der Waals surface area contributed by atoms with Crippen LogP contribution in [0.15, 0.2) is 66.4 Å². The summed E-state index contributed by atoms with van der Waals surface area (Å²) in [7, 11) is 0. The van der Waals surface area contributed by atoms with Crippen LogP contribution in [0.25, 0.3) is 8.94 Å².